The largest absolute Gasteiger partial charge is 1.00 e. The number of ether oxygens (including phenoxy) is 3. The molecule has 9 rings (SSSR count). The molecule has 6 aromatic heterocycles. The van der Waals surface area contributed by atoms with Crippen LogP contribution in [0.15, 0.2) is 57.1 Å². The number of nitrogens with zero attached hydrogens (tertiary/aromatic N) is 7. The number of nitrogen functional groups attached to an aromatic ring is 1. The van der Waals surface area contributed by atoms with E-state index in [-0.39, 0.29) is 79.7 Å². The molecule has 0 amide bonds. The molecule has 12 atom stereocenters. The second-order valence-electron chi connectivity index (χ2n) is 15.2. The molecule has 0 saturated carbocycles. The van der Waals surface area contributed by atoms with Gasteiger partial charge in [0.15, 0.2) is 24.5 Å². The third kappa shape index (κ3) is 8.80. The summed E-state index contributed by atoms with van der Waals surface area (Å²) in [4.78, 5) is 55.2. The van der Waals surface area contributed by atoms with Crippen molar-refractivity contribution in [2.24, 2.45) is 22.4 Å². The van der Waals surface area contributed by atoms with Crippen LogP contribution in [0.5, 0.6) is 0 Å². The first-order valence-corrected chi connectivity index (χ1v) is 19.7. The van der Waals surface area contributed by atoms with Gasteiger partial charge >= 0.3 is 0 Å². The Kier molecular flexibility index (Phi) is 15.1. The van der Waals surface area contributed by atoms with Gasteiger partial charge in [-0.05, 0) is 0 Å². The average Bonchev–Trinajstić information content (AvgIpc) is 4.16. The normalized spacial score (nSPS) is 28.0. The zero-order chi connectivity index (χ0) is 48.8. The number of aromatic amines is 3. The fourth-order valence-electron chi connectivity index (χ4n) is 7.86. The Labute approximate surface area is 383 Å². The zero-order valence-corrected chi connectivity index (χ0v) is 35.5. The van der Waals surface area contributed by atoms with Gasteiger partial charge in [-0.15, -0.1) is 0 Å². The SMILES string of the molecule is N/C(=N\O)c1cn([C@@H]2O[C@H](CO)[C@H](O)C2O)c2nc[nH]c(=O)c12.N=C(N)c1cn([C@@H]2O[C@H](CO)[C@H](O)C2O)c2nc[nH]c(=O)c12.NC(=[NH2+])c1cn([C@@H]2O[C@H](CO)[C@H](O)C2O)c2nc[nH]c(=O)c12.[Cl-]. The van der Waals surface area contributed by atoms with Gasteiger partial charge in [-0.1, -0.05) is 5.16 Å². The van der Waals surface area contributed by atoms with Gasteiger partial charge in [0.05, 0.1) is 66.1 Å². The lowest BCUT2D eigenvalue weighted by Gasteiger charge is -2.17. The second kappa shape index (κ2) is 20.2. The molecule has 31 nitrogen and oxygen atoms in total. The summed E-state index contributed by atoms with van der Waals surface area (Å²) in [5, 5.41) is 112. The third-order valence-electron chi connectivity index (χ3n) is 11.2. The maximum Gasteiger partial charge on any atom is 0.273 e. The Morgan fingerprint density at radius 3 is 1.21 bits per heavy atom. The van der Waals surface area contributed by atoms with Gasteiger partial charge in [0.2, 0.25) is 0 Å². The summed E-state index contributed by atoms with van der Waals surface area (Å²) in [5.74, 6) is -0.748. The molecule has 68 heavy (non-hydrogen) atoms. The number of halogens is 1. The van der Waals surface area contributed by atoms with Crippen LogP contribution in [-0.2, 0) is 14.2 Å². The number of aliphatic hydroxyl groups is 9. The number of nitrogens with two attached hydrogens (primary N) is 4. The number of hydrogen-bond donors (Lipinski definition) is 18. The van der Waals surface area contributed by atoms with Gasteiger partial charge in [-0.3, -0.25) is 30.9 Å². The molecule has 3 aliphatic heterocycles. The van der Waals surface area contributed by atoms with Crippen LogP contribution in [0.4, 0.5) is 0 Å². The van der Waals surface area contributed by atoms with Crippen molar-refractivity contribution in [3.05, 3.63) is 85.3 Å². The van der Waals surface area contributed by atoms with Crippen LogP contribution < -0.4 is 51.7 Å². The monoisotopic (exact) mass is 979 g/mol. The van der Waals surface area contributed by atoms with Crippen LogP contribution >= 0.6 is 0 Å². The van der Waals surface area contributed by atoms with Gasteiger partial charge in [-0.25, -0.2) is 15.0 Å². The highest BCUT2D eigenvalue weighted by atomic mass is 35.5. The van der Waals surface area contributed by atoms with Crippen molar-refractivity contribution >= 4 is 50.6 Å². The number of aromatic nitrogens is 9. The van der Waals surface area contributed by atoms with Gasteiger partial charge in [-0.2, -0.15) is 0 Å². The molecule has 0 spiro atoms. The predicted molar refractivity (Wildman–Crippen MR) is 224 cm³/mol. The lowest BCUT2D eigenvalue weighted by molar-refractivity contribution is -0.114. The molecule has 3 unspecified atom stereocenters. The van der Waals surface area contributed by atoms with Crippen LogP contribution in [0.3, 0.4) is 0 Å². The maximum absolute atomic E-state index is 12.0. The minimum Gasteiger partial charge on any atom is -1.00 e. The Morgan fingerprint density at radius 2 is 0.912 bits per heavy atom. The molecular weight excluding hydrogens is 934 g/mol. The van der Waals surface area contributed by atoms with Gasteiger partial charge < -0.3 is 118 Å². The smallest absolute Gasteiger partial charge is 0.273 e. The second-order valence-corrected chi connectivity index (χ2v) is 15.2. The number of hydrogen-bond acceptors (Lipinski definition) is 21. The standard InChI is InChI=1S/C12H15N5O6.2C12H15N5O5.ClH/c13-9(16-22)4-1-17(10-6(4)11(21)15-3-14-10)12-8(20)7(19)5(2-18)23-12;2*13-9(14)4-1-17(10-6(4)11(21)16-3-15-10)12-8(20)7(19)5(2-18)22-12;/h1,3,5,7-8,12,18-20,22H,2H2,(H2,13,16)(H,14,15,21);2*1,3,5,7-8,12,18-20H,2H2,(H3,13,14)(H,15,16,21);1H/t3*5-,7+,8?,12-;/m111./s1. The lowest BCUT2D eigenvalue weighted by atomic mass is 10.1. The molecule has 3 aliphatic rings. The number of oxime groups is 1. The van der Waals surface area contributed by atoms with Gasteiger partial charge in [0.1, 0.15) is 77.7 Å². The van der Waals surface area contributed by atoms with E-state index in [1.807, 2.05) is 0 Å². The molecule has 22 N–H and O–H groups in total. The third-order valence-corrected chi connectivity index (χ3v) is 11.2. The van der Waals surface area contributed by atoms with Crippen LogP contribution in [0.2, 0.25) is 0 Å². The van der Waals surface area contributed by atoms with E-state index < -0.39 is 110 Å². The van der Waals surface area contributed by atoms with E-state index >= 15 is 0 Å². The minimum absolute atomic E-state index is 0. The quantitative estimate of drug-likeness (QED) is 0.0277. The first kappa shape index (κ1) is 50.7. The first-order valence-electron chi connectivity index (χ1n) is 19.7. The van der Waals surface area contributed by atoms with Crippen molar-refractivity contribution in [1.29, 1.82) is 5.41 Å². The molecule has 9 heterocycles. The van der Waals surface area contributed by atoms with Crippen molar-refractivity contribution in [1.82, 2.24) is 43.6 Å². The molecule has 0 aromatic carbocycles. The lowest BCUT2D eigenvalue weighted by Crippen LogP contribution is -3.00. The van der Waals surface area contributed by atoms with Gasteiger partial charge in [0.25, 0.3) is 22.5 Å². The summed E-state index contributed by atoms with van der Waals surface area (Å²) >= 11 is 0. The first-order chi connectivity index (χ1) is 31.9. The highest BCUT2D eigenvalue weighted by Crippen LogP contribution is 2.35. The number of rotatable bonds is 9. The van der Waals surface area contributed by atoms with Crippen molar-refractivity contribution in [3.63, 3.8) is 0 Å². The number of H-pyrrole nitrogens is 3. The molecule has 0 aliphatic carbocycles. The highest BCUT2D eigenvalue weighted by molar-refractivity contribution is 6.08. The molecule has 6 aromatic rings. The Bertz CT molecular complexity index is 2890. The molecule has 32 heteroatoms. The van der Waals surface area contributed by atoms with Crippen LogP contribution in [0, 0.1) is 5.41 Å². The molecule has 0 radical (unpaired) electrons. The van der Waals surface area contributed by atoms with E-state index in [4.69, 9.17) is 62.8 Å². The van der Waals surface area contributed by atoms with E-state index in [0.717, 1.165) is 6.33 Å². The predicted octanol–water partition coefficient (Wildman–Crippen LogP) is -12.1. The van der Waals surface area contributed by atoms with E-state index in [9.17, 15) is 45.0 Å². The summed E-state index contributed by atoms with van der Waals surface area (Å²) in [6.07, 6.45) is -6.30. The number of nitrogens with one attached hydrogen (secondary N) is 4. The van der Waals surface area contributed by atoms with Crippen molar-refractivity contribution < 1.29 is 83.2 Å². The summed E-state index contributed by atoms with van der Waals surface area (Å²) in [6, 6.07) is 0. The molecule has 3 fully saturated rings. The van der Waals surface area contributed by atoms with E-state index in [1.54, 1.807) is 0 Å². The fraction of sp³-hybridized carbons (Fsp3) is 0.417. The van der Waals surface area contributed by atoms with Crippen LogP contribution in [0.25, 0.3) is 33.1 Å². The average molecular weight is 980 g/mol. The summed E-state index contributed by atoms with van der Waals surface area (Å²) in [7, 11) is 0. The van der Waals surface area contributed by atoms with Crippen LogP contribution in [-0.4, -0.2) is 187 Å². The van der Waals surface area contributed by atoms with E-state index in [1.165, 1.54) is 44.9 Å². The van der Waals surface area contributed by atoms with E-state index in [2.05, 4.69) is 35.1 Å². The zero-order valence-electron chi connectivity index (χ0n) is 34.8. The van der Waals surface area contributed by atoms with Gasteiger partial charge in [0, 0.05) is 24.2 Å². The Hall–Kier alpha value is -6.72. The minimum atomic E-state index is -1.36. The number of fused-ring (bicyclic) bond motifs is 3. The summed E-state index contributed by atoms with van der Waals surface area (Å²) in [5.41, 5.74) is 16.1. The maximum atomic E-state index is 12.0. The topological polar surface area (TPSA) is 522 Å². The van der Waals surface area contributed by atoms with E-state index in [0.29, 0.717) is 0 Å². The number of aliphatic hydroxyl groups excluding tert-OH is 9. The van der Waals surface area contributed by atoms with Crippen molar-refractivity contribution in [3.8, 4) is 0 Å². The fourth-order valence-corrected chi connectivity index (χ4v) is 7.86. The highest BCUT2D eigenvalue weighted by Gasteiger charge is 2.46. The molecular formula is C36H46ClN15O16. The summed E-state index contributed by atoms with van der Waals surface area (Å²) < 4.78 is 20.2. The molecule has 3 saturated heterocycles. The Balaban J connectivity index is 0.000000167. The van der Waals surface area contributed by atoms with Crippen LogP contribution in [0.1, 0.15) is 35.4 Å². The van der Waals surface area contributed by atoms with Crippen molar-refractivity contribution in [2.75, 3.05) is 19.8 Å². The summed E-state index contributed by atoms with van der Waals surface area (Å²) in [6.45, 7) is -1.42. The Morgan fingerprint density at radius 1 is 0.603 bits per heavy atom. The molecule has 368 valence electrons. The number of amidine groups is 3. The van der Waals surface area contributed by atoms with Crippen molar-refractivity contribution in [2.45, 2.75) is 73.6 Å². The molecule has 0 bridgehead atoms.